The number of carbonyl (C=O) groups excluding carboxylic acids is 2. The fraction of sp³-hybridized carbons (Fsp3) is 0.786. The Morgan fingerprint density at radius 1 is 1.37 bits per heavy atom. The number of carbonyl (C=O) groups is 2. The Hall–Kier alpha value is -1.57. The second kappa shape index (κ2) is 6.55. The van der Waals surface area contributed by atoms with E-state index in [1.54, 1.807) is 6.92 Å². The molecule has 0 aromatic carbocycles. The van der Waals surface area contributed by atoms with Gasteiger partial charge in [0, 0.05) is 6.04 Å². The maximum absolute atomic E-state index is 12.6. The molecule has 0 aromatic heterocycles. The minimum Gasteiger partial charge on any atom is -0.465 e. The van der Waals surface area contributed by atoms with Crippen LogP contribution in [0.25, 0.3) is 0 Å². The van der Waals surface area contributed by atoms with Crippen LogP contribution in [0.3, 0.4) is 0 Å². The van der Waals surface area contributed by atoms with Crippen LogP contribution < -0.4 is 0 Å². The monoisotopic (exact) mass is 266 g/mol. The smallest absolute Gasteiger partial charge is 0.325 e. The van der Waals surface area contributed by atoms with Crippen LogP contribution in [0.15, 0.2) is 0 Å². The molecule has 1 aliphatic carbocycles. The highest BCUT2D eigenvalue weighted by atomic mass is 16.5. The molecule has 0 radical (unpaired) electrons. The molecule has 0 heterocycles. The van der Waals surface area contributed by atoms with E-state index in [2.05, 4.69) is 6.07 Å². The standard InChI is InChI=1S/C14H22N2O3/c1-4-19-12(17)9-16(11(2)3)13(18)14(10-15)7-5-6-8-14/h11H,4-9H2,1-3H3. The van der Waals surface area contributed by atoms with Crippen molar-refractivity contribution >= 4 is 11.9 Å². The molecule has 0 N–H and O–H groups in total. The highest BCUT2D eigenvalue weighted by molar-refractivity contribution is 5.89. The van der Waals surface area contributed by atoms with E-state index in [1.807, 2.05) is 13.8 Å². The van der Waals surface area contributed by atoms with Gasteiger partial charge in [-0.1, -0.05) is 12.8 Å². The lowest BCUT2D eigenvalue weighted by Crippen LogP contribution is -2.48. The molecule has 1 amide bonds. The molecule has 0 spiro atoms. The molecular formula is C14H22N2O3. The molecule has 5 nitrogen and oxygen atoms in total. The number of hydrogen-bond acceptors (Lipinski definition) is 4. The lowest BCUT2D eigenvalue weighted by molar-refractivity contribution is -0.153. The van der Waals surface area contributed by atoms with Gasteiger partial charge in [0.2, 0.25) is 5.91 Å². The molecular weight excluding hydrogens is 244 g/mol. The number of amides is 1. The first kappa shape index (κ1) is 15.5. The van der Waals surface area contributed by atoms with Gasteiger partial charge in [-0.2, -0.15) is 5.26 Å². The first-order chi connectivity index (χ1) is 8.96. The average Bonchev–Trinajstić information content (AvgIpc) is 2.85. The number of nitrogens with zero attached hydrogens (tertiary/aromatic N) is 2. The molecule has 0 saturated heterocycles. The molecule has 106 valence electrons. The summed E-state index contributed by atoms with van der Waals surface area (Å²) in [6.07, 6.45) is 2.97. The third-order valence-electron chi connectivity index (χ3n) is 3.57. The highest BCUT2D eigenvalue weighted by Crippen LogP contribution is 2.39. The molecule has 1 saturated carbocycles. The van der Waals surface area contributed by atoms with E-state index in [-0.39, 0.29) is 18.5 Å². The fourth-order valence-corrected chi connectivity index (χ4v) is 2.46. The Balaban J connectivity index is 2.84. The van der Waals surface area contributed by atoms with Crippen molar-refractivity contribution in [3.05, 3.63) is 0 Å². The van der Waals surface area contributed by atoms with E-state index in [4.69, 9.17) is 4.74 Å². The molecule has 1 aliphatic rings. The summed E-state index contributed by atoms with van der Waals surface area (Å²) in [4.78, 5) is 25.6. The van der Waals surface area contributed by atoms with E-state index in [0.29, 0.717) is 19.4 Å². The van der Waals surface area contributed by atoms with Gasteiger partial charge in [-0.15, -0.1) is 0 Å². The zero-order chi connectivity index (χ0) is 14.5. The number of nitriles is 1. The average molecular weight is 266 g/mol. The van der Waals surface area contributed by atoms with Crippen molar-refractivity contribution in [1.82, 2.24) is 4.90 Å². The number of esters is 1. The van der Waals surface area contributed by atoms with Gasteiger partial charge in [0.1, 0.15) is 12.0 Å². The van der Waals surface area contributed by atoms with E-state index >= 15 is 0 Å². The van der Waals surface area contributed by atoms with Crippen molar-refractivity contribution in [1.29, 1.82) is 5.26 Å². The second-order valence-corrected chi connectivity index (χ2v) is 5.23. The minimum atomic E-state index is -0.934. The van der Waals surface area contributed by atoms with Crippen molar-refractivity contribution in [2.24, 2.45) is 5.41 Å². The van der Waals surface area contributed by atoms with E-state index in [9.17, 15) is 14.9 Å². The molecule has 0 unspecified atom stereocenters. The highest BCUT2D eigenvalue weighted by Gasteiger charge is 2.45. The number of rotatable bonds is 5. The summed E-state index contributed by atoms with van der Waals surface area (Å²) in [5, 5.41) is 9.34. The van der Waals surface area contributed by atoms with Crippen molar-refractivity contribution in [2.45, 2.75) is 52.5 Å². The van der Waals surface area contributed by atoms with Gasteiger partial charge < -0.3 is 9.64 Å². The molecule has 0 aliphatic heterocycles. The van der Waals surface area contributed by atoms with Gasteiger partial charge in [0.25, 0.3) is 0 Å². The maximum atomic E-state index is 12.6. The summed E-state index contributed by atoms with van der Waals surface area (Å²) < 4.78 is 4.89. The summed E-state index contributed by atoms with van der Waals surface area (Å²) >= 11 is 0. The topological polar surface area (TPSA) is 70.4 Å². The predicted octanol–water partition coefficient (Wildman–Crippen LogP) is 1.87. The third-order valence-corrected chi connectivity index (χ3v) is 3.57. The van der Waals surface area contributed by atoms with Gasteiger partial charge in [0.05, 0.1) is 12.7 Å². The Labute approximate surface area is 114 Å². The van der Waals surface area contributed by atoms with Crippen molar-refractivity contribution < 1.29 is 14.3 Å². The first-order valence-electron chi connectivity index (χ1n) is 6.85. The molecule has 1 rings (SSSR count). The van der Waals surface area contributed by atoms with Crippen LogP contribution in [0, 0.1) is 16.7 Å². The summed E-state index contributed by atoms with van der Waals surface area (Å²) in [6, 6.07) is 2.05. The van der Waals surface area contributed by atoms with Gasteiger partial charge >= 0.3 is 5.97 Å². The molecule has 5 heteroatoms. The fourth-order valence-electron chi connectivity index (χ4n) is 2.46. The van der Waals surface area contributed by atoms with Crippen LogP contribution in [-0.4, -0.2) is 36.0 Å². The molecule has 19 heavy (non-hydrogen) atoms. The van der Waals surface area contributed by atoms with E-state index < -0.39 is 11.4 Å². The third kappa shape index (κ3) is 3.46. The molecule has 0 bridgehead atoms. The summed E-state index contributed by atoms with van der Waals surface area (Å²) in [6.45, 7) is 5.64. The van der Waals surface area contributed by atoms with Gasteiger partial charge in [-0.05, 0) is 33.6 Å². The normalized spacial score (nSPS) is 17.0. The van der Waals surface area contributed by atoms with Crippen LogP contribution in [0.1, 0.15) is 46.5 Å². The Morgan fingerprint density at radius 2 is 1.95 bits per heavy atom. The number of ether oxygens (including phenoxy) is 1. The summed E-state index contributed by atoms with van der Waals surface area (Å²) in [7, 11) is 0. The van der Waals surface area contributed by atoms with Gasteiger partial charge in [-0.3, -0.25) is 9.59 Å². The van der Waals surface area contributed by atoms with Crippen LogP contribution in [-0.2, 0) is 14.3 Å². The molecule has 0 atom stereocenters. The molecule has 0 aromatic rings. The molecule has 1 fully saturated rings. The Kier molecular flexibility index (Phi) is 5.34. The van der Waals surface area contributed by atoms with Crippen LogP contribution in [0.2, 0.25) is 0 Å². The van der Waals surface area contributed by atoms with Crippen LogP contribution >= 0.6 is 0 Å². The lowest BCUT2D eigenvalue weighted by Gasteiger charge is -2.32. The zero-order valence-electron chi connectivity index (χ0n) is 11.9. The maximum Gasteiger partial charge on any atom is 0.325 e. The Bertz CT molecular complexity index is 379. The SMILES string of the molecule is CCOC(=O)CN(C(=O)C1(C#N)CCCC1)C(C)C. The van der Waals surface area contributed by atoms with Crippen molar-refractivity contribution in [3.8, 4) is 6.07 Å². The first-order valence-corrected chi connectivity index (χ1v) is 6.85. The van der Waals surface area contributed by atoms with Crippen LogP contribution in [0.4, 0.5) is 0 Å². The van der Waals surface area contributed by atoms with E-state index in [0.717, 1.165) is 12.8 Å². The lowest BCUT2D eigenvalue weighted by atomic mass is 9.86. The zero-order valence-corrected chi connectivity index (χ0v) is 11.9. The van der Waals surface area contributed by atoms with Crippen molar-refractivity contribution in [2.75, 3.05) is 13.2 Å². The minimum absolute atomic E-state index is 0.0756. The quantitative estimate of drug-likeness (QED) is 0.712. The number of hydrogen-bond donors (Lipinski definition) is 0. The van der Waals surface area contributed by atoms with E-state index in [1.165, 1.54) is 4.90 Å². The predicted molar refractivity (Wildman–Crippen MR) is 70.0 cm³/mol. The summed E-state index contributed by atoms with van der Waals surface area (Å²) in [5.74, 6) is -0.647. The van der Waals surface area contributed by atoms with Crippen molar-refractivity contribution in [3.63, 3.8) is 0 Å². The van der Waals surface area contributed by atoms with Gasteiger partial charge in [-0.25, -0.2) is 0 Å². The van der Waals surface area contributed by atoms with Gasteiger partial charge in [0.15, 0.2) is 0 Å². The largest absolute Gasteiger partial charge is 0.465 e. The summed E-state index contributed by atoms with van der Waals surface area (Å²) in [5.41, 5.74) is -0.934. The second-order valence-electron chi connectivity index (χ2n) is 5.23. The Morgan fingerprint density at radius 3 is 2.37 bits per heavy atom. The van der Waals surface area contributed by atoms with Crippen LogP contribution in [0.5, 0.6) is 0 Å².